The van der Waals surface area contributed by atoms with Gasteiger partial charge in [-0.3, -0.25) is 23.2 Å². The van der Waals surface area contributed by atoms with E-state index >= 15 is 0 Å². The van der Waals surface area contributed by atoms with Crippen LogP contribution in [0.4, 0.5) is 0 Å². The molecule has 33 heteroatoms. The number of carbonyl (C=O) groups excluding carboxylic acids is 2. The molecular formula is C22H38N2Na3O25S3. The molecular weight excluding hydrogens is 857 g/mol. The standard InChI is InChI=1S/C22H38N2O25S3.3Na/c1-6(25)23-11-16(30)18(10(45-20(11)32)5-44-52(39,40)41)48-22-17(31)19(14(28)9(47-22)4-43-51(36,37)38)49-21-12(24-7(2)26)15(29)13(27)8(46-21)3-42-50(33,34)35;;;/h8-22,27-32H,3-5H2,1-2H3,(H,23,25)(H,24,26)(H,33,34,35)(H,36,37,38)(H,39,40,41);;;/t8-,9-,10-,11-,12-,13-,14+,15-,16-,17-,18-,19+,20?,21+,22?;;;/m1.../s1. The van der Waals surface area contributed by atoms with Gasteiger partial charge in [-0.25, -0.2) is 12.5 Å². The Labute approximate surface area is 379 Å². The fourth-order valence-corrected chi connectivity index (χ4v) is 6.20. The van der Waals surface area contributed by atoms with Crippen LogP contribution >= 0.6 is 0 Å². The number of hydrogen-bond acceptors (Lipinski definition) is 22. The van der Waals surface area contributed by atoms with Crippen molar-refractivity contribution < 1.29 is 115 Å². The van der Waals surface area contributed by atoms with E-state index in [1.54, 1.807) is 0 Å². The van der Waals surface area contributed by atoms with Crippen LogP contribution in [0.1, 0.15) is 13.8 Å². The van der Waals surface area contributed by atoms with E-state index < -0.39 is 155 Å². The van der Waals surface area contributed by atoms with Crippen LogP contribution in [0, 0.1) is 0 Å². The van der Waals surface area contributed by atoms with E-state index in [0.717, 1.165) is 13.8 Å². The smallest absolute Gasteiger partial charge is 0.388 e. The number of aliphatic hydroxyl groups is 6. The Morgan fingerprint density at radius 2 is 0.927 bits per heavy atom. The van der Waals surface area contributed by atoms with Gasteiger partial charge in [-0.2, -0.15) is 25.3 Å². The minimum Gasteiger partial charge on any atom is -0.388 e. The average molecular weight is 896 g/mol. The van der Waals surface area contributed by atoms with E-state index in [4.69, 9.17) is 37.3 Å². The third-order valence-electron chi connectivity index (χ3n) is 7.50. The normalized spacial score (nSPS) is 37.0. The Kier molecular flexibility index (Phi) is 23.8. The molecule has 0 saturated carbocycles. The van der Waals surface area contributed by atoms with E-state index in [-0.39, 0.29) is 88.7 Å². The molecule has 3 saturated heterocycles. The summed E-state index contributed by atoms with van der Waals surface area (Å²) in [6.07, 6.45) is -27.2. The first kappa shape index (κ1) is 56.1. The Bertz CT molecular complexity index is 1580. The van der Waals surface area contributed by atoms with Gasteiger partial charge in [0.2, 0.25) is 11.8 Å². The zero-order valence-electron chi connectivity index (χ0n) is 29.6. The Balaban J connectivity index is 0.00000972. The number of carbonyl (C=O) groups is 2. The van der Waals surface area contributed by atoms with Crippen molar-refractivity contribution in [2.24, 2.45) is 0 Å². The summed E-state index contributed by atoms with van der Waals surface area (Å²) in [5.74, 6) is -1.71. The van der Waals surface area contributed by atoms with Crippen molar-refractivity contribution in [1.82, 2.24) is 10.6 Å². The quantitative estimate of drug-likeness (QED) is 0.0537. The Morgan fingerprint density at radius 3 is 1.38 bits per heavy atom. The molecule has 3 rings (SSSR count). The first-order valence-electron chi connectivity index (χ1n) is 14.5. The van der Waals surface area contributed by atoms with Crippen LogP contribution in [0.25, 0.3) is 0 Å². The minimum atomic E-state index is -5.25. The van der Waals surface area contributed by atoms with Crippen LogP contribution in [-0.4, -0.2) is 282 Å². The second kappa shape index (κ2) is 23.4. The molecule has 3 radical (unpaired) electrons. The van der Waals surface area contributed by atoms with Crippen molar-refractivity contribution >= 4 is 132 Å². The van der Waals surface area contributed by atoms with Gasteiger partial charge in [0.15, 0.2) is 18.9 Å². The molecule has 0 spiro atoms. The van der Waals surface area contributed by atoms with Gasteiger partial charge in [-0.1, -0.05) is 0 Å². The van der Waals surface area contributed by atoms with Gasteiger partial charge in [0.25, 0.3) is 0 Å². The maximum atomic E-state index is 11.9. The van der Waals surface area contributed by atoms with Crippen molar-refractivity contribution in [2.75, 3.05) is 19.8 Å². The summed E-state index contributed by atoms with van der Waals surface area (Å²) in [6.45, 7) is -1.73. The van der Waals surface area contributed by atoms with Crippen LogP contribution in [-0.2, 0) is 77.0 Å². The molecule has 0 aromatic rings. The second-order valence-electron chi connectivity index (χ2n) is 11.4. The van der Waals surface area contributed by atoms with Gasteiger partial charge in [0.1, 0.15) is 73.1 Å². The van der Waals surface area contributed by atoms with Gasteiger partial charge >= 0.3 is 31.2 Å². The maximum Gasteiger partial charge on any atom is 0.397 e. The fraction of sp³-hybridized carbons (Fsp3) is 0.909. The molecule has 3 aliphatic rings. The number of rotatable bonds is 15. The summed E-state index contributed by atoms with van der Waals surface area (Å²) in [5, 5.41) is 69.3. The summed E-state index contributed by atoms with van der Waals surface area (Å²) in [6, 6.07) is -3.52. The topological polar surface area (TPSA) is 417 Å². The molecule has 3 heterocycles. The van der Waals surface area contributed by atoms with Gasteiger partial charge in [0.05, 0.1) is 19.8 Å². The van der Waals surface area contributed by atoms with Crippen LogP contribution in [0.2, 0.25) is 0 Å². The predicted octanol–water partition coefficient (Wildman–Crippen LogP) is -8.95. The molecule has 11 N–H and O–H groups in total. The van der Waals surface area contributed by atoms with Gasteiger partial charge in [-0.05, 0) is 0 Å². The Morgan fingerprint density at radius 1 is 0.527 bits per heavy atom. The molecule has 307 valence electrons. The fourth-order valence-electron chi connectivity index (χ4n) is 5.28. The summed E-state index contributed by atoms with van der Waals surface area (Å²) in [7, 11) is -15.6. The molecule has 0 aliphatic carbocycles. The molecule has 0 bridgehead atoms. The van der Waals surface area contributed by atoms with E-state index in [1.807, 2.05) is 0 Å². The SMILES string of the molecule is CC(=O)N[C@H]1[C@H](O[C@H]2[C@@H](O)[C@@H](COS(=O)(=O)O)OC(O[C@H]3[C@H](O)[C@@H](NC(C)=O)C(O)O[C@@H]3COS(=O)(=O)O)[C@@H]2O)O[C@H](COS(=O)(=O)O)[C@@H](O)[C@@H]1O.[Na].[Na].[Na]. The molecule has 0 aromatic carbocycles. The van der Waals surface area contributed by atoms with Crippen molar-refractivity contribution in [3.05, 3.63) is 0 Å². The Hall–Kier alpha value is 1.11. The van der Waals surface area contributed by atoms with E-state index in [2.05, 4.69) is 23.2 Å². The second-order valence-corrected chi connectivity index (χ2v) is 14.7. The van der Waals surface area contributed by atoms with Crippen molar-refractivity contribution in [3.63, 3.8) is 0 Å². The summed E-state index contributed by atoms with van der Waals surface area (Å²) in [5.41, 5.74) is 0. The minimum absolute atomic E-state index is 0. The molecule has 3 aliphatic heterocycles. The molecule has 3 fully saturated rings. The largest absolute Gasteiger partial charge is 0.397 e. The summed E-state index contributed by atoms with van der Waals surface area (Å²) < 4.78 is 134. The zero-order chi connectivity index (χ0) is 39.5. The molecule has 27 nitrogen and oxygen atoms in total. The molecule has 15 atom stereocenters. The number of aliphatic hydroxyl groups excluding tert-OH is 6. The van der Waals surface area contributed by atoms with E-state index in [1.165, 1.54) is 0 Å². The van der Waals surface area contributed by atoms with Crippen LogP contribution < -0.4 is 10.6 Å². The van der Waals surface area contributed by atoms with Gasteiger partial charge in [0, 0.05) is 103 Å². The van der Waals surface area contributed by atoms with Gasteiger partial charge < -0.3 is 65.0 Å². The summed E-state index contributed by atoms with van der Waals surface area (Å²) >= 11 is 0. The first-order valence-corrected chi connectivity index (χ1v) is 18.6. The molecule has 2 unspecified atom stereocenters. The van der Waals surface area contributed by atoms with Crippen LogP contribution in [0.15, 0.2) is 0 Å². The third kappa shape index (κ3) is 17.2. The zero-order valence-corrected chi connectivity index (χ0v) is 38.0. The van der Waals surface area contributed by atoms with Crippen LogP contribution in [0.5, 0.6) is 0 Å². The van der Waals surface area contributed by atoms with Gasteiger partial charge in [-0.15, -0.1) is 0 Å². The third-order valence-corrected chi connectivity index (χ3v) is 8.80. The molecule has 0 aromatic heterocycles. The van der Waals surface area contributed by atoms with E-state index in [0.29, 0.717) is 0 Å². The monoisotopic (exact) mass is 895 g/mol. The maximum absolute atomic E-state index is 11.9. The van der Waals surface area contributed by atoms with E-state index in [9.17, 15) is 65.5 Å². The van der Waals surface area contributed by atoms with Crippen LogP contribution in [0.3, 0.4) is 0 Å². The predicted molar refractivity (Wildman–Crippen MR) is 173 cm³/mol. The molecule has 55 heavy (non-hydrogen) atoms. The summed E-state index contributed by atoms with van der Waals surface area (Å²) in [4.78, 5) is 23.7. The average Bonchev–Trinajstić information content (AvgIpc) is 2.99. The number of amides is 2. The van der Waals surface area contributed by atoms with Crippen molar-refractivity contribution in [2.45, 2.75) is 106 Å². The first-order chi connectivity index (χ1) is 23.8. The number of nitrogens with one attached hydrogen (secondary N) is 2. The van der Waals surface area contributed by atoms with Crippen molar-refractivity contribution in [1.29, 1.82) is 0 Å². The molecule has 2 amide bonds. The number of ether oxygens (including phenoxy) is 5. The van der Waals surface area contributed by atoms with Crippen molar-refractivity contribution in [3.8, 4) is 0 Å². The number of hydrogen-bond donors (Lipinski definition) is 11.